The van der Waals surface area contributed by atoms with Crippen molar-refractivity contribution in [2.45, 2.75) is 18.6 Å². The smallest absolute Gasteiger partial charge is 0.108 e. The van der Waals surface area contributed by atoms with Crippen LogP contribution in [0.2, 0.25) is 5.02 Å². The van der Waals surface area contributed by atoms with Gasteiger partial charge in [-0.3, -0.25) is 0 Å². The van der Waals surface area contributed by atoms with Gasteiger partial charge in [0.1, 0.15) is 6.10 Å². The molecule has 0 saturated heterocycles. The normalized spacial score (nSPS) is 14.3. The first-order chi connectivity index (χ1) is 7.06. The highest BCUT2D eigenvalue weighted by Gasteiger charge is 2.20. The van der Waals surface area contributed by atoms with Gasteiger partial charge in [-0.15, -0.1) is 0 Å². The molecule has 1 aromatic rings. The molecule has 0 amide bonds. The molecule has 0 aliphatic rings. The molecule has 15 heavy (non-hydrogen) atoms. The first kappa shape index (κ1) is 11.8. The summed E-state index contributed by atoms with van der Waals surface area (Å²) in [6, 6.07) is 6.37. The van der Waals surface area contributed by atoms with Gasteiger partial charge in [-0.25, -0.2) is 0 Å². The van der Waals surface area contributed by atoms with Crippen LogP contribution in [0.4, 0.5) is 5.69 Å². The summed E-state index contributed by atoms with van der Waals surface area (Å²) < 4.78 is 0. The van der Waals surface area contributed by atoms with Crippen molar-refractivity contribution in [2.24, 2.45) is 0 Å². The number of benzene rings is 1. The number of hydrogen-bond acceptors (Lipinski definition) is 4. The maximum Gasteiger partial charge on any atom is 0.108 e. The fraction of sp³-hybridized carbons (Fsp3) is 0.300. The van der Waals surface area contributed by atoms with Gasteiger partial charge in [0.2, 0.25) is 0 Å². The molecule has 0 aliphatic carbocycles. The molecule has 4 N–H and O–H groups in total. The third kappa shape index (κ3) is 2.83. The zero-order valence-corrected chi connectivity index (χ0v) is 8.65. The van der Waals surface area contributed by atoms with E-state index in [-0.39, 0.29) is 6.42 Å². The zero-order chi connectivity index (χ0) is 11.4. The lowest BCUT2D eigenvalue weighted by Crippen LogP contribution is -2.18. The van der Waals surface area contributed by atoms with E-state index in [0.717, 1.165) is 0 Å². The van der Waals surface area contributed by atoms with E-state index in [9.17, 15) is 10.2 Å². The molecule has 0 saturated carbocycles. The van der Waals surface area contributed by atoms with Crippen molar-refractivity contribution in [1.82, 2.24) is 0 Å². The maximum absolute atomic E-state index is 9.69. The van der Waals surface area contributed by atoms with Gasteiger partial charge < -0.3 is 15.9 Å². The molecule has 0 radical (unpaired) electrons. The lowest BCUT2D eigenvalue weighted by atomic mass is 10.0. The summed E-state index contributed by atoms with van der Waals surface area (Å²) in [6.07, 6.45) is -2.51. The summed E-state index contributed by atoms with van der Waals surface area (Å²) in [4.78, 5) is 0. The van der Waals surface area contributed by atoms with Crippen molar-refractivity contribution in [3.63, 3.8) is 0 Å². The van der Waals surface area contributed by atoms with Crippen molar-refractivity contribution in [1.29, 1.82) is 5.26 Å². The largest absolute Gasteiger partial charge is 0.398 e. The van der Waals surface area contributed by atoms with E-state index < -0.39 is 12.2 Å². The second-order valence-electron chi connectivity index (χ2n) is 3.15. The average Bonchev–Trinajstić information content (AvgIpc) is 2.21. The van der Waals surface area contributed by atoms with E-state index in [2.05, 4.69) is 0 Å². The Morgan fingerprint density at radius 1 is 1.47 bits per heavy atom. The van der Waals surface area contributed by atoms with E-state index in [1.807, 2.05) is 0 Å². The lowest BCUT2D eigenvalue weighted by molar-refractivity contribution is 0.0221. The SMILES string of the molecule is N#CCC(O)C(O)c1cc(Cl)ccc1N. The number of anilines is 1. The van der Waals surface area contributed by atoms with Gasteiger partial charge in [0.25, 0.3) is 0 Å². The highest BCUT2D eigenvalue weighted by atomic mass is 35.5. The number of halogens is 1. The third-order valence-electron chi connectivity index (χ3n) is 2.03. The fourth-order valence-electron chi connectivity index (χ4n) is 1.21. The monoisotopic (exact) mass is 226 g/mol. The Bertz CT molecular complexity index is 389. The Morgan fingerprint density at radius 2 is 2.13 bits per heavy atom. The number of nitrogens with two attached hydrogens (primary N) is 1. The number of rotatable bonds is 3. The number of nitrogens with zero attached hydrogens (tertiary/aromatic N) is 1. The van der Waals surface area contributed by atoms with Gasteiger partial charge in [-0.1, -0.05) is 11.6 Å². The number of nitrogen functional groups attached to an aromatic ring is 1. The van der Waals surface area contributed by atoms with Crippen LogP contribution < -0.4 is 5.73 Å². The molecular formula is C10H11ClN2O2. The second kappa shape index (κ2) is 4.99. The van der Waals surface area contributed by atoms with Crippen LogP contribution in [0.1, 0.15) is 18.1 Å². The quantitative estimate of drug-likeness (QED) is 0.676. The van der Waals surface area contributed by atoms with Gasteiger partial charge in [-0.05, 0) is 18.2 Å². The Kier molecular flexibility index (Phi) is 3.92. The van der Waals surface area contributed by atoms with E-state index >= 15 is 0 Å². The molecule has 80 valence electrons. The van der Waals surface area contributed by atoms with Crippen LogP contribution in [0, 0.1) is 11.3 Å². The highest BCUT2D eigenvalue weighted by molar-refractivity contribution is 6.30. The third-order valence-corrected chi connectivity index (χ3v) is 2.27. The summed E-state index contributed by atoms with van der Waals surface area (Å²) in [5, 5.41) is 27.9. The minimum Gasteiger partial charge on any atom is -0.398 e. The number of nitriles is 1. The first-order valence-electron chi connectivity index (χ1n) is 4.34. The van der Waals surface area contributed by atoms with Crippen molar-refractivity contribution in [3.8, 4) is 6.07 Å². The summed E-state index contributed by atoms with van der Waals surface area (Å²) in [6.45, 7) is 0. The number of hydrogen-bond donors (Lipinski definition) is 3. The molecule has 1 aromatic carbocycles. The van der Waals surface area contributed by atoms with Gasteiger partial charge in [0.15, 0.2) is 0 Å². The molecule has 1 rings (SSSR count). The zero-order valence-electron chi connectivity index (χ0n) is 7.89. The minimum absolute atomic E-state index is 0.160. The van der Waals surface area contributed by atoms with Crippen LogP contribution >= 0.6 is 11.6 Å². The highest BCUT2D eigenvalue weighted by Crippen LogP contribution is 2.27. The number of aliphatic hydroxyl groups is 2. The van der Waals surface area contributed by atoms with Crippen molar-refractivity contribution in [2.75, 3.05) is 5.73 Å². The molecule has 0 heterocycles. The van der Waals surface area contributed by atoms with Crippen molar-refractivity contribution < 1.29 is 10.2 Å². The van der Waals surface area contributed by atoms with Crippen LogP contribution in [0.25, 0.3) is 0 Å². The van der Waals surface area contributed by atoms with Crippen molar-refractivity contribution >= 4 is 17.3 Å². The van der Waals surface area contributed by atoms with E-state index in [1.165, 1.54) is 6.07 Å². The molecule has 4 nitrogen and oxygen atoms in total. The van der Waals surface area contributed by atoms with Crippen LogP contribution in [0.3, 0.4) is 0 Å². The average molecular weight is 227 g/mol. The summed E-state index contributed by atoms with van der Waals surface area (Å²) >= 11 is 5.73. The van der Waals surface area contributed by atoms with E-state index in [0.29, 0.717) is 16.3 Å². The Labute approximate surface area is 92.5 Å². The number of aliphatic hydroxyl groups excluding tert-OH is 2. The van der Waals surface area contributed by atoms with Gasteiger partial charge in [0, 0.05) is 16.3 Å². The fourth-order valence-corrected chi connectivity index (χ4v) is 1.39. The van der Waals surface area contributed by atoms with Gasteiger partial charge in [-0.2, -0.15) is 5.26 Å². The molecule has 0 bridgehead atoms. The first-order valence-corrected chi connectivity index (χ1v) is 4.72. The van der Waals surface area contributed by atoms with Crippen molar-refractivity contribution in [3.05, 3.63) is 28.8 Å². The molecule has 2 atom stereocenters. The Morgan fingerprint density at radius 3 is 2.73 bits per heavy atom. The summed E-state index contributed by atoms with van der Waals surface area (Å²) in [5.74, 6) is 0. The molecule has 0 fully saturated rings. The molecule has 0 spiro atoms. The van der Waals surface area contributed by atoms with Gasteiger partial charge >= 0.3 is 0 Å². The lowest BCUT2D eigenvalue weighted by Gasteiger charge is -2.17. The van der Waals surface area contributed by atoms with Crippen LogP contribution in [0.5, 0.6) is 0 Å². The second-order valence-corrected chi connectivity index (χ2v) is 3.58. The topological polar surface area (TPSA) is 90.3 Å². The molecular weight excluding hydrogens is 216 g/mol. The predicted molar refractivity (Wildman–Crippen MR) is 57.1 cm³/mol. The van der Waals surface area contributed by atoms with E-state index in [1.54, 1.807) is 18.2 Å². The standard InChI is InChI=1S/C10H11ClN2O2/c11-6-1-2-8(13)7(5-6)10(15)9(14)3-4-12/h1-2,5,9-10,14-15H,3,13H2. The Hall–Kier alpha value is -1.28. The molecule has 2 unspecified atom stereocenters. The van der Waals surface area contributed by atoms with Crippen LogP contribution in [-0.4, -0.2) is 16.3 Å². The van der Waals surface area contributed by atoms with E-state index in [4.69, 9.17) is 22.6 Å². The van der Waals surface area contributed by atoms with Crippen LogP contribution in [-0.2, 0) is 0 Å². The summed E-state index contributed by atoms with van der Waals surface area (Å²) in [5.41, 5.74) is 6.29. The molecule has 5 heteroatoms. The molecule has 0 aromatic heterocycles. The maximum atomic E-state index is 9.69. The predicted octanol–water partition coefficient (Wildman–Crippen LogP) is 1.23. The van der Waals surface area contributed by atoms with Gasteiger partial charge in [0.05, 0.1) is 18.6 Å². The molecule has 0 aliphatic heterocycles. The Balaban J connectivity index is 2.95. The van der Waals surface area contributed by atoms with Crippen LogP contribution in [0.15, 0.2) is 18.2 Å². The minimum atomic E-state index is -1.19. The summed E-state index contributed by atoms with van der Waals surface area (Å²) in [7, 11) is 0.